The summed E-state index contributed by atoms with van der Waals surface area (Å²) in [4.78, 5) is 23.1. The van der Waals surface area contributed by atoms with Gasteiger partial charge in [0.15, 0.2) is 0 Å². The van der Waals surface area contributed by atoms with Gasteiger partial charge < -0.3 is 5.32 Å². The summed E-state index contributed by atoms with van der Waals surface area (Å²) in [5.41, 5.74) is 2.00. The third-order valence-electron chi connectivity index (χ3n) is 4.22. The molecule has 0 spiro atoms. The van der Waals surface area contributed by atoms with E-state index in [0.29, 0.717) is 5.92 Å². The van der Waals surface area contributed by atoms with E-state index in [1.165, 1.54) is 6.92 Å². The molecule has 1 aliphatic carbocycles. The molecule has 2 N–H and O–H groups in total. The van der Waals surface area contributed by atoms with Gasteiger partial charge in [0.2, 0.25) is 5.69 Å². The molecule has 1 heterocycles. The fourth-order valence-corrected chi connectivity index (χ4v) is 2.83. The number of aromatic nitrogens is 2. The second-order valence-electron chi connectivity index (χ2n) is 5.95. The quantitative estimate of drug-likeness (QED) is 0.654. The molecule has 1 aromatic carbocycles. The van der Waals surface area contributed by atoms with E-state index >= 15 is 0 Å². The monoisotopic (exact) mass is 314 g/mol. The van der Waals surface area contributed by atoms with Crippen molar-refractivity contribution in [2.45, 2.75) is 32.7 Å². The number of rotatable bonds is 5. The lowest BCUT2D eigenvalue weighted by Crippen LogP contribution is -2.31. The first-order chi connectivity index (χ1) is 11.0. The summed E-state index contributed by atoms with van der Waals surface area (Å²) in [5, 5.41) is 20.4. The van der Waals surface area contributed by atoms with Crippen molar-refractivity contribution in [3.63, 3.8) is 0 Å². The summed E-state index contributed by atoms with van der Waals surface area (Å²) in [7, 11) is 0. The molecule has 1 aliphatic rings. The van der Waals surface area contributed by atoms with Crippen LogP contribution >= 0.6 is 0 Å². The minimum absolute atomic E-state index is 0.139. The number of benzene rings is 1. The first kappa shape index (κ1) is 15.2. The van der Waals surface area contributed by atoms with Gasteiger partial charge >= 0.3 is 5.69 Å². The number of hydrogen-bond acceptors (Lipinski definition) is 4. The molecule has 1 aromatic heterocycles. The van der Waals surface area contributed by atoms with Crippen LogP contribution in [-0.4, -0.2) is 21.0 Å². The molecule has 7 heteroatoms. The van der Waals surface area contributed by atoms with E-state index in [1.807, 2.05) is 31.2 Å². The standard InChI is InChI=1S/C16H18N4O3/c1-9-5-3-4-6-12(9)13(11-7-8-11)17-16(21)14-15(20(22)23)10(2)18-19-14/h3-6,11,13H,7-8H2,1-2H3,(H,17,21)(H,18,19)/t13-/m0/s1. The van der Waals surface area contributed by atoms with Crippen molar-refractivity contribution in [3.8, 4) is 0 Å². The normalized spacial score (nSPS) is 15.2. The molecule has 1 saturated carbocycles. The van der Waals surface area contributed by atoms with Gasteiger partial charge in [-0.05, 0) is 43.7 Å². The van der Waals surface area contributed by atoms with Gasteiger partial charge in [0, 0.05) is 0 Å². The Kier molecular flexibility index (Phi) is 3.85. The summed E-state index contributed by atoms with van der Waals surface area (Å²) >= 11 is 0. The van der Waals surface area contributed by atoms with E-state index in [9.17, 15) is 14.9 Å². The summed E-state index contributed by atoms with van der Waals surface area (Å²) in [5.74, 6) is -0.139. The van der Waals surface area contributed by atoms with Crippen molar-refractivity contribution in [2.75, 3.05) is 0 Å². The Morgan fingerprint density at radius 1 is 1.39 bits per heavy atom. The van der Waals surface area contributed by atoms with Crippen molar-refractivity contribution >= 4 is 11.6 Å². The maximum atomic E-state index is 12.5. The van der Waals surface area contributed by atoms with Crippen LogP contribution in [0.15, 0.2) is 24.3 Å². The minimum atomic E-state index is -0.576. The van der Waals surface area contributed by atoms with Crippen molar-refractivity contribution in [2.24, 2.45) is 5.92 Å². The molecule has 0 unspecified atom stereocenters. The average molecular weight is 314 g/mol. The molecule has 0 aliphatic heterocycles. The zero-order chi connectivity index (χ0) is 16.6. The maximum Gasteiger partial charge on any atom is 0.322 e. The first-order valence-corrected chi connectivity index (χ1v) is 7.54. The lowest BCUT2D eigenvalue weighted by Gasteiger charge is -2.20. The lowest BCUT2D eigenvalue weighted by atomic mass is 9.97. The molecule has 1 fully saturated rings. The van der Waals surface area contributed by atoms with Crippen LogP contribution in [0.1, 0.15) is 46.2 Å². The van der Waals surface area contributed by atoms with Crippen molar-refractivity contribution in [3.05, 3.63) is 56.9 Å². The maximum absolute atomic E-state index is 12.5. The van der Waals surface area contributed by atoms with Gasteiger partial charge in [0.25, 0.3) is 5.91 Å². The fourth-order valence-electron chi connectivity index (χ4n) is 2.83. The van der Waals surface area contributed by atoms with E-state index in [0.717, 1.165) is 24.0 Å². The Balaban J connectivity index is 1.89. The number of nitro groups is 1. The zero-order valence-corrected chi connectivity index (χ0v) is 13.0. The first-order valence-electron chi connectivity index (χ1n) is 7.54. The van der Waals surface area contributed by atoms with E-state index in [4.69, 9.17) is 0 Å². The number of carbonyl (C=O) groups excluding carboxylic acids is 1. The number of aromatic amines is 1. The van der Waals surface area contributed by atoms with E-state index in [2.05, 4.69) is 15.5 Å². The second kappa shape index (κ2) is 5.83. The predicted octanol–water partition coefficient (Wildman–Crippen LogP) is 2.82. The lowest BCUT2D eigenvalue weighted by molar-refractivity contribution is -0.385. The molecule has 3 rings (SSSR count). The fraction of sp³-hybridized carbons (Fsp3) is 0.375. The van der Waals surface area contributed by atoms with Crippen LogP contribution in [0, 0.1) is 29.9 Å². The minimum Gasteiger partial charge on any atom is -0.343 e. The third kappa shape index (κ3) is 2.94. The van der Waals surface area contributed by atoms with Crippen LogP contribution in [-0.2, 0) is 0 Å². The van der Waals surface area contributed by atoms with Crippen LogP contribution in [0.5, 0.6) is 0 Å². The highest BCUT2D eigenvalue weighted by atomic mass is 16.6. The van der Waals surface area contributed by atoms with Gasteiger partial charge in [-0.15, -0.1) is 0 Å². The van der Waals surface area contributed by atoms with E-state index in [1.54, 1.807) is 0 Å². The SMILES string of the molecule is Cc1ccccc1[C@@H](NC(=O)c1n[nH]c(C)c1[N+](=O)[O-])C1CC1. The van der Waals surface area contributed by atoms with Crippen LogP contribution in [0.4, 0.5) is 5.69 Å². The van der Waals surface area contributed by atoms with Crippen LogP contribution < -0.4 is 5.32 Å². The van der Waals surface area contributed by atoms with Gasteiger partial charge in [-0.1, -0.05) is 24.3 Å². The van der Waals surface area contributed by atoms with Crippen LogP contribution in [0.25, 0.3) is 0 Å². The van der Waals surface area contributed by atoms with E-state index < -0.39 is 10.8 Å². The van der Waals surface area contributed by atoms with E-state index in [-0.39, 0.29) is 23.1 Å². The van der Waals surface area contributed by atoms with Crippen molar-refractivity contribution in [1.29, 1.82) is 0 Å². The summed E-state index contributed by atoms with van der Waals surface area (Å²) in [6.45, 7) is 3.53. The molecule has 7 nitrogen and oxygen atoms in total. The molecule has 0 bridgehead atoms. The summed E-state index contributed by atoms with van der Waals surface area (Å²) in [6.07, 6.45) is 2.09. The number of aryl methyl sites for hydroxylation is 2. The molecule has 120 valence electrons. The molecule has 0 saturated heterocycles. The average Bonchev–Trinajstić information content (AvgIpc) is 3.27. The molecule has 2 aromatic rings. The number of H-pyrrole nitrogens is 1. The molecule has 1 atom stereocenters. The smallest absolute Gasteiger partial charge is 0.322 e. The highest BCUT2D eigenvalue weighted by molar-refractivity contribution is 5.96. The number of carbonyl (C=O) groups is 1. The molecular weight excluding hydrogens is 296 g/mol. The highest BCUT2D eigenvalue weighted by Crippen LogP contribution is 2.42. The Morgan fingerprint density at radius 3 is 2.70 bits per heavy atom. The largest absolute Gasteiger partial charge is 0.343 e. The Bertz CT molecular complexity index is 764. The Hall–Kier alpha value is -2.70. The van der Waals surface area contributed by atoms with Crippen LogP contribution in [0.2, 0.25) is 0 Å². The number of nitrogens with one attached hydrogen (secondary N) is 2. The van der Waals surface area contributed by atoms with Gasteiger partial charge in [0.05, 0.1) is 11.0 Å². The van der Waals surface area contributed by atoms with Crippen molar-refractivity contribution in [1.82, 2.24) is 15.5 Å². The summed E-state index contributed by atoms with van der Waals surface area (Å²) < 4.78 is 0. The predicted molar refractivity (Wildman–Crippen MR) is 84.1 cm³/mol. The molecule has 1 amide bonds. The summed E-state index contributed by atoms with van der Waals surface area (Å²) in [6, 6.07) is 7.73. The highest BCUT2D eigenvalue weighted by Gasteiger charge is 2.36. The molecular formula is C16H18N4O3. The zero-order valence-electron chi connectivity index (χ0n) is 13.0. The third-order valence-corrected chi connectivity index (χ3v) is 4.22. The Morgan fingerprint density at radius 2 is 2.09 bits per heavy atom. The van der Waals surface area contributed by atoms with Crippen LogP contribution in [0.3, 0.4) is 0 Å². The number of hydrogen-bond donors (Lipinski definition) is 2. The van der Waals surface area contributed by atoms with Gasteiger partial charge in [-0.2, -0.15) is 5.10 Å². The molecule has 23 heavy (non-hydrogen) atoms. The van der Waals surface area contributed by atoms with Gasteiger partial charge in [-0.3, -0.25) is 20.0 Å². The topological polar surface area (TPSA) is 101 Å². The number of nitrogens with zero attached hydrogens (tertiary/aromatic N) is 2. The second-order valence-corrected chi connectivity index (χ2v) is 5.95. The van der Waals surface area contributed by atoms with Gasteiger partial charge in [-0.25, -0.2) is 0 Å². The van der Waals surface area contributed by atoms with Crippen molar-refractivity contribution < 1.29 is 9.72 Å². The molecule has 0 radical (unpaired) electrons. The number of amides is 1. The van der Waals surface area contributed by atoms with Gasteiger partial charge in [0.1, 0.15) is 5.69 Å². The Labute approximate surface area is 133 Å².